The van der Waals surface area contributed by atoms with Crippen LogP contribution in [0, 0.1) is 109 Å². The van der Waals surface area contributed by atoms with Crippen molar-refractivity contribution < 1.29 is 115 Å². The Labute approximate surface area is 842 Å². The van der Waals surface area contributed by atoms with E-state index < -0.39 is 70.8 Å². The van der Waals surface area contributed by atoms with E-state index in [1.807, 2.05) is 76.2 Å². The lowest BCUT2D eigenvalue weighted by Gasteiger charge is -2.33. The Hall–Kier alpha value is -8.44. The number of aliphatic carboxylic acids is 2. The SMILES string of the molecule is C=CC(=O)OCC(COC(=O)C(C)(C)CC)OC(=O)CCC(=O)O.C=CC(=O)OCC(COC(=O)C(C)(C)CC)OC(=O)CCC(=O)O.CCC(C)(C)C(=O)OC1CC2CC1C1CCCC21.CCC(C)(C)C(=O)OC1CC2CC1C1CCCC21.CCC(C)(C)C(=O)OC1CC2CC1C1CCCC21.CCC(C)(C)c1ccccc1.CCC(C)(C)c1ccccc1.CCCCC(CC)COC(=O)C(C)(C)CC. The van der Waals surface area contributed by atoms with Crippen molar-refractivity contribution in [2.24, 2.45) is 109 Å². The van der Waals surface area contributed by atoms with Crippen LogP contribution in [-0.4, -0.2) is 145 Å². The number of unbranched alkanes of at least 4 members (excludes halogenated alkanes) is 1. The first-order valence-corrected chi connectivity index (χ1v) is 53.3. The van der Waals surface area contributed by atoms with Crippen molar-refractivity contribution in [1.82, 2.24) is 0 Å². The van der Waals surface area contributed by atoms with Gasteiger partial charge in [0.05, 0.1) is 64.8 Å². The molecule has 18 atom stereocenters. The van der Waals surface area contributed by atoms with Gasteiger partial charge in [-0.3, -0.25) is 47.9 Å². The largest absolute Gasteiger partial charge is 0.481 e. The molecule has 11 rings (SSSR count). The Morgan fingerprint density at radius 1 is 0.336 bits per heavy atom. The Balaban J connectivity index is 0.000000337. The van der Waals surface area contributed by atoms with Gasteiger partial charge < -0.3 is 57.6 Å². The molecule has 2 aromatic rings. The van der Waals surface area contributed by atoms with Gasteiger partial charge in [0.25, 0.3) is 0 Å². The van der Waals surface area contributed by atoms with E-state index in [-0.39, 0.29) is 116 Å². The molecule has 0 spiro atoms. The van der Waals surface area contributed by atoms with Gasteiger partial charge in [-0.1, -0.05) is 209 Å². The molecule has 24 heteroatoms. The van der Waals surface area contributed by atoms with E-state index in [4.69, 9.17) is 57.6 Å². The minimum atomic E-state index is -1.14. The second kappa shape index (κ2) is 58.5. The molecule has 0 amide bonds. The third kappa shape index (κ3) is 38.9. The lowest BCUT2D eigenvalue weighted by Crippen LogP contribution is -2.36. The van der Waals surface area contributed by atoms with E-state index in [0.717, 1.165) is 117 Å². The molecular formula is C116H186O24. The summed E-state index contributed by atoms with van der Waals surface area (Å²) in [6, 6.07) is 21.3. The number of fused-ring (bicyclic) bond motifs is 15. The van der Waals surface area contributed by atoms with Crippen molar-refractivity contribution in [2.75, 3.05) is 33.0 Å². The molecule has 9 aliphatic carbocycles. The van der Waals surface area contributed by atoms with Gasteiger partial charge in [-0.05, 0) is 317 Å². The van der Waals surface area contributed by atoms with Crippen LogP contribution in [0.2, 0.25) is 0 Å². The van der Waals surface area contributed by atoms with Crippen molar-refractivity contribution in [1.29, 1.82) is 0 Å². The second-order valence-electron chi connectivity index (χ2n) is 45.8. The molecule has 0 heterocycles. The third-order valence-electron chi connectivity index (χ3n) is 33.0. The standard InChI is InChI=1S/2C16H24O8.3C16H26O2.C14H28O2.2C11H16/c2*1-5-13(19)22-9-11(24-14(20)8-7-12(17)18)10-23-15(21)16(3,4)6-2;3*1-4-16(2,3)15(17)18-14-9-10-8-13(14)12-7-5-6-11(10)12;1-6-9-10-12(7-2)11-16-13(15)14(4,5)8-3;2*1-4-11(2,3)10-8-6-5-7-9-10/h2*5,11H,1,6-10H2,2-4H3,(H,17,18);3*10-14H,4-9H2,1-3H3;12H,6-11H2,1-5H3;2*5-9H,4H2,1-3H3. The number of benzene rings is 2. The molecule has 0 aliphatic heterocycles. The fourth-order valence-corrected chi connectivity index (χ4v) is 20.0. The first kappa shape index (κ1) is 124. The summed E-state index contributed by atoms with van der Waals surface area (Å²) in [5.41, 5.74) is 0.881. The van der Waals surface area contributed by atoms with Gasteiger partial charge in [0.1, 0.15) is 44.7 Å². The minimum Gasteiger partial charge on any atom is -0.481 e. The fraction of sp³-hybridized carbons (Fsp3) is 0.759. The van der Waals surface area contributed by atoms with Crippen molar-refractivity contribution in [3.63, 3.8) is 0 Å². The monoisotopic (exact) mass is 1960 g/mol. The van der Waals surface area contributed by atoms with Crippen LogP contribution >= 0.6 is 0 Å². The lowest BCUT2D eigenvalue weighted by molar-refractivity contribution is -0.170. The molecule has 2 aromatic carbocycles. The molecule has 0 aromatic heterocycles. The molecule has 9 fully saturated rings. The van der Waals surface area contributed by atoms with E-state index >= 15 is 0 Å². The Morgan fingerprint density at radius 2 is 0.600 bits per heavy atom. The summed E-state index contributed by atoms with van der Waals surface area (Å²) < 4.78 is 52.8. The zero-order valence-electron chi connectivity index (χ0n) is 91.1. The number of carbonyl (C=O) groups excluding carboxylic acids is 10. The molecular weight excluding hydrogens is 1780 g/mol. The van der Waals surface area contributed by atoms with Gasteiger partial charge in [-0.2, -0.15) is 0 Å². The van der Waals surface area contributed by atoms with Gasteiger partial charge in [0.15, 0.2) is 12.2 Å². The maximum atomic E-state index is 12.2. The lowest BCUT2D eigenvalue weighted by atomic mass is 9.80. The van der Waals surface area contributed by atoms with E-state index in [1.165, 1.54) is 120 Å². The quantitative estimate of drug-likeness (QED) is 0.0354. The Kier molecular flexibility index (Phi) is 51.7. The average molecular weight is 1960 g/mol. The zero-order chi connectivity index (χ0) is 105. The predicted molar refractivity (Wildman–Crippen MR) is 547 cm³/mol. The van der Waals surface area contributed by atoms with Crippen LogP contribution in [-0.2, 0) is 116 Å². The molecule has 18 unspecified atom stereocenters. The summed E-state index contributed by atoms with van der Waals surface area (Å²) in [6.45, 7) is 58.4. The number of rotatable bonds is 43. The summed E-state index contributed by atoms with van der Waals surface area (Å²) >= 11 is 0. The van der Waals surface area contributed by atoms with Crippen LogP contribution in [0.25, 0.3) is 0 Å². The van der Waals surface area contributed by atoms with E-state index in [1.54, 1.807) is 27.7 Å². The van der Waals surface area contributed by atoms with E-state index in [9.17, 15) is 57.5 Å². The number of carbonyl (C=O) groups is 12. The number of esters is 10. The number of carboxylic acids is 2. The molecule has 9 aliphatic rings. The molecule has 0 radical (unpaired) electrons. The second-order valence-corrected chi connectivity index (χ2v) is 45.8. The maximum Gasteiger partial charge on any atom is 0.330 e. The van der Waals surface area contributed by atoms with Crippen molar-refractivity contribution in [2.45, 2.75) is 420 Å². The normalized spacial score (nSPS) is 23.7. The van der Waals surface area contributed by atoms with Crippen LogP contribution in [0.5, 0.6) is 0 Å². The summed E-state index contributed by atoms with van der Waals surface area (Å²) in [6.07, 6.45) is 30.9. The summed E-state index contributed by atoms with van der Waals surface area (Å²) in [5, 5.41) is 17.1. The molecule has 6 bridgehead atoms. The van der Waals surface area contributed by atoms with Gasteiger partial charge in [0, 0.05) is 12.2 Å². The third-order valence-corrected chi connectivity index (χ3v) is 33.0. The van der Waals surface area contributed by atoms with Gasteiger partial charge in [-0.15, -0.1) is 0 Å². The number of hydrogen-bond acceptors (Lipinski definition) is 22. The van der Waals surface area contributed by atoms with Crippen molar-refractivity contribution in [3.8, 4) is 0 Å². The molecule has 794 valence electrons. The fourth-order valence-electron chi connectivity index (χ4n) is 20.0. The minimum absolute atomic E-state index is 0.0251. The van der Waals surface area contributed by atoms with E-state index in [2.05, 4.69) is 150 Å². The highest BCUT2D eigenvalue weighted by Gasteiger charge is 2.58. The molecule has 9 saturated carbocycles. The van der Waals surface area contributed by atoms with Crippen LogP contribution < -0.4 is 0 Å². The number of carboxylic acid groups (broad SMARTS) is 2. The van der Waals surface area contributed by atoms with Crippen LogP contribution in [0.1, 0.15) is 390 Å². The van der Waals surface area contributed by atoms with Crippen LogP contribution in [0.15, 0.2) is 86.0 Å². The van der Waals surface area contributed by atoms with E-state index in [0.29, 0.717) is 54.0 Å². The number of hydrogen-bond donors (Lipinski definition) is 2. The molecule has 2 N–H and O–H groups in total. The van der Waals surface area contributed by atoms with Crippen molar-refractivity contribution >= 4 is 71.6 Å². The average Bonchev–Trinajstić information content (AvgIpc) is 1.60. The first-order chi connectivity index (χ1) is 65.6. The summed E-state index contributed by atoms with van der Waals surface area (Å²) in [7, 11) is 0. The molecule has 140 heavy (non-hydrogen) atoms. The summed E-state index contributed by atoms with van der Waals surface area (Å²) in [5.74, 6) is 4.55. The highest BCUT2D eigenvalue weighted by atomic mass is 16.6. The zero-order valence-corrected chi connectivity index (χ0v) is 91.1. The smallest absolute Gasteiger partial charge is 0.330 e. The number of ether oxygens (including phenoxy) is 10. The Bertz CT molecular complexity index is 3890. The van der Waals surface area contributed by atoms with Crippen LogP contribution in [0.3, 0.4) is 0 Å². The topological polar surface area (TPSA) is 338 Å². The maximum absolute atomic E-state index is 12.2. The summed E-state index contributed by atoms with van der Waals surface area (Å²) in [4.78, 5) is 138. The van der Waals surface area contributed by atoms with Gasteiger partial charge >= 0.3 is 71.6 Å². The van der Waals surface area contributed by atoms with Gasteiger partial charge in [0.2, 0.25) is 0 Å². The van der Waals surface area contributed by atoms with Gasteiger partial charge in [-0.25, -0.2) is 9.59 Å². The van der Waals surface area contributed by atoms with Crippen molar-refractivity contribution in [3.05, 3.63) is 97.1 Å². The highest BCUT2D eigenvalue weighted by Crippen LogP contribution is 2.62. The Morgan fingerprint density at radius 3 is 0.850 bits per heavy atom. The van der Waals surface area contributed by atoms with Crippen LogP contribution in [0.4, 0.5) is 0 Å². The molecule has 0 saturated heterocycles. The predicted octanol–water partition coefficient (Wildman–Crippen LogP) is 25.2. The highest BCUT2D eigenvalue weighted by molar-refractivity contribution is 5.83. The first-order valence-electron chi connectivity index (χ1n) is 53.3. The molecule has 24 nitrogen and oxygen atoms in total.